The predicted molar refractivity (Wildman–Crippen MR) is 86.9 cm³/mol. The predicted octanol–water partition coefficient (Wildman–Crippen LogP) is 4.55. The molecule has 1 unspecified atom stereocenters. The number of hydrogen-bond acceptors (Lipinski definition) is 2. The summed E-state index contributed by atoms with van der Waals surface area (Å²) in [6, 6.07) is 0. The minimum Gasteiger partial charge on any atom is -0.277 e. The molecular formula is C18H33NO2. The van der Waals surface area contributed by atoms with E-state index in [-0.39, 0.29) is 23.3 Å². The second kappa shape index (κ2) is 7.95. The molecule has 0 N–H and O–H groups in total. The molecule has 0 aliphatic carbocycles. The van der Waals surface area contributed by atoms with E-state index in [2.05, 4.69) is 20.8 Å². The highest BCUT2D eigenvalue weighted by Crippen LogP contribution is 2.33. The van der Waals surface area contributed by atoms with E-state index in [1.54, 1.807) is 4.90 Å². The van der Waals surface area contributed by atoms with Crippen LogP contribution in [0.4, 0.5) is 0 Å². The summed E-state index contributed by atoms with van der Waals surface area (Å²) >= 11 is 0. The van der Waals surface area contributed by atoms with Crippen LogP contribution in [0.5, 0.6) is 0 Å². The first-order valence-electron chi connectivity index (χ1n) is 8.66. The van der Waals surface area contributed by atoms with Gasteiger partial charge in [-0.25, -0.2) is 0 Å². The Labute approximate surface area is 130 Å². The number of imide groups is 1. The van der Waals surface area contributed by atoms with Gasteiger partial charge >= 0.3 is 0 Å². The van der Waals surface area contributed by atoms with E-state index >= 15 is 0 Å². The number of likely N-dealkylation sites (tertiary alicyclic amines) is 1. The lowest BCUT2D eigenvalue weighted by molar-refractivity contribution is -0.146. The maximum Gasteiger partial charge on any atom is 0.233 e. The zero-order valence-electron chi connectivity index (χ0n) is 14.6. The molecule has 21 heavy (non-hydrogen) atoms. The normalized spacial score (nSPS) is 19.9. The highest BCUT2D eigenvalue weighted by Gasteiger charge is 2.45. The Morgan fingerprint density at radius 3 is 2.33 bits per heavy atom. The lowest BCUT2D eigenvalue weighted by Gasteiger charge is -2.35. The first-order chi connectivity index (χ1) is 9.79. The van der Waals surface area contributed by atoms with Crippen LogP contribution >= 0.6 is 0 Å². The van der Waals surface area contributed by atoms with Crippen LogP contribution in [0.25, 0.3) is 0 Å². The SMILES string of the molecule is CCCCCCCC1CC(=O)N(C(C)(C)CC(C)C)C1=O. The third-order valence-corrected chi connectivity index (χ3v) is 4.41. The highest BCUT2D eigenvalue weighted by molar-refractivity contribution is 6.04. The smallest absolute Gasteiger partial charge is 0.233 e. The van der Waals surface area contributed by atoms with Crippen LogP contribution in [-0.4, -0.2) is 22.3 Å². The second-order valence-electron chi connectivity index (χ2n) is 7.58. The summed E-state index contributed by atoms with van der Waals surface area (Å²) in [5.74, 6) is 0.518. The van der Waals surface area contributed by atoms with Crippen LogP contribution in [0.2, 0.25) is 0 Å². The van der Waals surface area contributed by atoms with Gasteiger partial charge in [-0.15, -0.1) is 0 Å². The molecule has 0 aromatic heterocycles. The van der Waals surface area contributed by atoms with Crippen molar-refractivity contribution in [1.29, 1.82) is 0 Å². The van der Waals surface area contributed by atoms with Crippen LogP contribution in [0.3, 0.4) is 0 Å². The molecule has 1 atom stereocenters. The minimum atomic E-state index is -0.348. The standard InChI is InChI=1S/C18H33NO2/c1-6-7-8-9-10-11-15-12-16(20)19(17(15)21)18(4,5)13-14(2)3/h14-15H,6-13H2,1-5H3. The highest BCUT2D eigenvalue weighted by atomic mass is 16.2. The van der Waals surface area contributed by atoms with Crippen molar-refractivity contribution in [3.63, 3.8) is 0 Å². The quantitative estimate of drug-likeness (QED) is 0.462. The Kier molecular flexibility index (Phi) is 6.89. The van der Waals surface area contributed by atoms with E-state index < -0.39 is 0 Å². The molecule has 1 fully saturated rings. The van der Waals surface area contributed by atoms with Crippen molar-refractivity contribution in [2.24, 2.45) is 11.8 Å². The van der Waals surface area contributed by atoms with Gasteiger partial charge in [-0.2, -0.15) is 0 Å². The molecule has 0 aromatic rings. The van der Waals surface area contributed by atoms with Crippen molar-refractivity contribution in [2.75, 3.05) is 0 Å². The molecule has 122 valence electrons. The Balaban J connectivity index is 2.54. The number of carbonyl (C=O) groups is 2. The third kappa shape index (κ3) is 5.12. The van der Waals surface area contributed by atoms with E-state index in [1.165, 1.54) is 25.7 Å². The van der Waals surface area contributed by atoms with Gasteiger partial charge in [-0.05, 0) is 32.6 Å². The van der Waals surface area contributed by atoms with Crippen LogP contribution in [0.15, 0.2) is 0 Å². The fourth-order valence-corrected chi connectivity index (χ4v) is 3.64. The van der Waals surface area contributed by atoms with Gasteiger partial charge in [-0.1, -0.05) is 52.9 Å². The van der Waals surface area contributed by atoms with Gasteiger partial charge in [0.25, 0.3) is 0 Å². The summed E-state index contributed by atoms with van der Waals surface area (Å²) in [6.45, 7) is 10.5. The maximum atomic E-state index is 12.6. The molecule has 2 amide bonds. The summed E-state index contributed by atoms with van der Waals surface area (Å²) in [5.41, 5.74) is -0.348. The molecule has 1 saturated heterocycles. The van der Waals surface area contributed by atoms with Crippen molar-refractivity contribution in [1.82, 2.24) is 4.90 Å². The fourth-order valence-electron chi connectivity index (χ4n) is 3.64. The average molecular weight is 295 g/mol. The Morgan fingerprint density at radius 2 is 1.76 bits per heavy atom. The van der Waals surface area contributed by atoms with Gasteiger partial charge in [0.1, 0.15) is 0 Å². The molecule has 1 aliphatic rings. The van der Waals surface area contributed by atoms with Crippen LogP contribution in [0, 0.1) is 11.8 Å². The minimum absolute atomic E-state index is 0.0317. The van der Waals surface area contributed by atoms with Crippen LogP contribution < -0.4 is 0 Å². The van der Waals surface area contributed by atoms with Gasteiger partial charge in [-0.3, -0.25) is 14.5 Å². The maximum absolute atomic E-state index is 12.6. The van der Waals surface area contributed by atoms with E-state index in [0.29, 0.717) is 12.3 Å². The van der Waals surface area contributed by atoms with Gasteiger partial charge in [0, 0.05) is 17.9 Å². The van der Waals surface area contributed by atoms with E-state index in [0.717, 1.165) is 19.3 Å². The zero-order valence-corrected chi connectivity index (χ0v) is 14.6. The summed E-state index contributed by atoms with van der Waals surface area (Å²) in [5, 5.41) is 0. The summed E-state index contributed by atoms with van der Waals surface area (Å²) in [4.78, 5) is 26.4. The van der Waals surface area contributed by atoms with Crippen molar-refractivity contribution >= 4 is 11.8 Å². The van der Waals surface area contributed by atoms with E-state index in [4.69, 9.17) is 0 Å². The summed E-state index contributed by atoms with van der Waals surface area (Å²) in [7, 11) is 0. The summed E-state index contributed by atoms with van der Waals surface area (Å²) in [6.07, 6.45) is 8.17. The van der Waals surface area contributed by atoms with Crippen molar-refractivity contribution in [3.8, 4) is 0 Å². The molecule has 3 heteroatoms. The van der Waals surface area contributed by atoms with Crippen molar-refractivity contribution in [3.05, 3.63) is 0 Å². The van der Waals surface area contributed by atoms with Crippen molar-refractivity contribution in [2.45, 2.75) is 91.5 Å². The third-order valence-electron chi connectivity index (χ3n) is 4.41. The Bertz CT molecular complexity index is 360. The van der Waals surface area contributed by atoms with Crippen LogP contribution in [0.1, 0.15) is 86.0 Å². The van der Waals surface area contributed by atoms with Gasteiger partial charge in [0.15, 0.2) is 0 Å². The lowest BCUT2D eigenvalue weighted by atomic mass is 9.91. The largest absolute Gasteiger partial charge is 0.277 e. The molecule has 0 bridgehead atoms. The van der Waals surface area contributed by atoms with E-state index in [1.807, 2.05) is 13.8 Å². The molecular weight excluding hydrogens is 262 g/mol. The molecule has 0 aromatic carbocycles. The number of hydrogen-bond donors (Lipinski definition) is 0. The molecule has 1 aliphatic heterocycles. The number of amides is 2. The summed E-state index contributed by atoms with van der Waals surface area (Å²) < 4.78 is 0. The second-order valence-corrected chi connectivity index (χ2v) is 7.58. The number of carbonyl (C=O) groups excluding carboxylic acids is 2. The van der Waals surface area contributed by atoms with Crippen molar-refractivity contribution < 1.29 is 9.59 Å². The van der Waals surface area contributed by atoms with Crippen LogP contribution in [-0.2, 0) is 9.59 Å². The van der Waals surface area contributed by atoms with E-state index in [9.17, 15) is 9.59 Å². The van der Waals surface area contributed by atoms with Gasteiger partial charge in [0.05, 0.1) is 0 Å². The Hall–Kier alpha value is -0.860. The molecule has 1 rings (SSSR count). The first kappa shape index (κ1) is 18.2. The molecule has 1 heterocycles. The number of rotatable bonds is 9. The Morgan fingerprint density at radius 1 is 1.14 bits per heavy atom. The van der Waals surface area contributed by atoms with Gasteiger partial charge < -0.3 is 0 Å². The fraction of sp³-hybridized carbons (Fsp3) is 0.889. The molecule has 3 nitrogen and oxygen atoms in total. The molecule has 0 saturated carbocycles. The average Bonchev–Trinajstić information content (AvgIpc) is 2.63. The first-order valence-corrected chi connectivity index (χ1v) is 8.66. The topological polar surface area (TPSA) is 37.4 Å². The zero-order chi connectivity index (χ0) is 16.0. The number of nitrogens with zero attached hydrogens (tertiary/aromatic N) is 1. The molecule has 0 spiro atoms. The number of unbranched alkanes of at least 4 members (excludes halogenated alkanes) is 4. The van der Waals surface area contributed by atoms with Gasteiger partial charge in [0.2, 0.25) is 11.8 Å². The molecule has 0 radical (unpaired) electrons. The lowest BCUT2D eigenvalue weighted by Crippen LogP contribution is -2.48. The monoisotopic (exact) mass is 295 g/mol.